The van der Waals surface area contributed by atoms with Crippen molar-refractivity contribution < 1.29 is 14.7 Å². The molecule has 1 aromatic rings. The van der Waals surface area contributed by atoms with Crippen molar-refractivity contribution in [3.63, 3.8) is 0 Å². The van der Waals surface area contributed by atoms with Gasteiger partial charge in [0.1, 0.15) is 6.61 Å². The smallest absolute Gasteiger partial charge is 0.308 e. The zero-order valence-electron chi connectivity index (χ0n) is 10.1. The van der Waals surface area contributed by atoms with Gasteiger partial charge < -0.3 is 5.32 Å². The number of hydrogen-bond acceptors (Lipinski definition) is 2. The van der Waals surface area contributed by atoms with Crippen molar-refractivity contribution in [1.29, 1.82) is 0 Å². The lowest BCUT2D eigenvalue weighted by Crippen LogP contribution is -2.33. The number of hydrogen-bond donors (Lipinski definition) is 2. The lowest BCUT2D eigenvalue weighted by molar-refractivity contribution is -0.119. The van der Waals surface area contributed by atoms with Gasteiger partial charge in [0.05, 0.1) is 0 Å². The van der Waals surface area contributed by atoms with Crippen molar-refractivity contribution in [2.75, 3.05) is 11.9 Å². The van der Waals surface area contributed by atoms with Crippen LogP contribution in [0.15, 0.2) is 30.3 Å². The molecule has 95 valence electrons. The molecule has 1 rings (SSSR count). The minimum Gasteiger partial charge on any atom is -0.308 e. The number of amides is 3. The van der Waals surface area contributed by atoms with Crippen molar-refractivity contribution in [2.24, 2.45) is 0 Å². The summed E-state index contributed by atoms with van der Waals surface area (Å²) in [7, 11) is 0. The minimum absolute atomic E-state index is 0.250. The van der Waals surface area contributed by atoms with Gasteiger partial charge in [0.2, 0.25) is 5.91 Å². The molecule has 1 radical (unpaired) electrons. The molecule has 0 heterocycles. The van der Waals surface area contributed by atoms with Crippen LogP contribution in [0.4, 0.5) is 10.5 Å². The SMILES string of the molecule is CCC(=O)NC(=O)Nc1cccc(C=CC[O])c1. The first kappa shape index (κ1) is 13.9. The molecule has 0 fully saturated rings. The maximum absolute atomic E-state index is 11.4. The van der Waals surface area contributed by atoms with Gasteiger partial charge in [0.15, 0.2) is 0 Å². The number of carbonyl (C=O) groups is 2. The zero-order chi connectivity index (χ0) is 13.4. The summed E-state index contributed by atoms with van der Waals surface area (Å²) < 4.78 is 0. The van der Waals surface area contributed by atoms with Gasteiger partial charge in [0, 0.05) is 12.1 Å². The Balaban J connectivity index is 2.64. The second-order valence-corrected chi connectivity index (χ2v) is 3.55. The van der Waals surface area contributed by atoms with E-state index in [1.54, 1.807) is 31.2 Å². The molecule has 0 aliphatic rings. The summed E-state index contributed by atoms with van der Waals surface area (Å²) in [6, 6.07) is 6.41. The van der Waals surface area contributed by atoms with E-state index in [-0.39, 0.29) is 18.9 Å². The fraction of sp³-hybridized carbons (Fsp3) is 0.231. The van der Waals surface area contributed by atoms with Crippen molar-refractivity contribution in [2.45, 2.75) is 13.3 Å². The highest BCUT2D eigenvalue weighted by Gasteiger charge is 2.05. The first-order chi connectivity index (χ1) is 8.65. The van der Waals surface area contributed by atoms with Gasteiger partial charge in [-0.05, 0) is 17.7 Å². The average molecular weight is 247 g/mol. The Kier molecular flexibility index (Phi) is 5.60. The van der Waals surface area contributed by atoms with E-state index >= 15 is 0 Å². The van der Waals surface area contributed by atoms with Gasteiger partial charge in [-0.2, -0.15) is 0 Å². The number of rotatable bonds is 4. The molecule has 18 heavy (non-hydrogen) atoms. The molecule has 0 spiro atoms. The van der Waals surface area contributed by atoms with Crippen LogP contribution in [0.1, 0.15) is 18.9 Å². The minimum atomic E-state index is -0.563. The van der Waals surface area contributed by atoms with Crippen LogP contribution in [0.2, 0.25) is 0 Å². The van der Waals surface area contributed by atoms with E-state index in [1.165, 1.54) is 6.08 Å². The van der Waals surface area contributed by atoms with Crippen molar-refractivity contribution in [3.8, 4) is 0 Å². The quantitative estimate of drug-likeness (QED) is 0.855. The normalized spacial score (nSPS) is 10.3. The second-order valence-electron chi connectivity index (χ2n) is 3.55. The standard InChI is InChI=1S/C13H15N2O3/c1-2-12(17)15-13(18)14-11-7-3-5-10(9-11)6-4-8-16/h3-7,9H,2,8H2,1H3,(H2,14,15,17,18). The third-order valence-electron chi connectivity index (χ3n) is 2.13. The first-order valence-corrected chi connectivity index (χ1v) is 5.61. The summed E-state index contributed by atoms with van der Waals surface area (Å²) in [5, 5.41) is 15.0. The molecule has 5 nitrogen and oxygen atoms in total. The largest absolute Gasteiger partial charge is 0.325 e. The third-order valence-corrected chi connectivity index (χ3v) is 2.13. The fourth-order valence-corrected chi connectivity index (χ4v) is 1.28. The molecular formula is C13H15N2O3. The van der Waals surface area contributed by atoms with Crippen LogP contribution in [-0.2, 0) is 9.90 Å². The third kappa shape index (κ3) is 4.80. The topological polar surface area (TPSA) is 78.1 Å². The van der Waals surface area contributed by atoms with Gasteiger partial charge in [-0.3, -0.25) is 10.1 Å². The molecule has 0 atom stereocenters. The summed E-state index contributed by atoms with van der Waals surface area (Å²) in [5.74, 6) is -0.338. The van der Waals surface area contributed by atoms with E-state index in [0.29, 0.717) is 5.69 Å². The summed E-state index contributed by atoms with van der Waals surface area (Å²) in [5.41, 5.74) is 1.37. The molecule has 5 heteroatoms. The van der Waals surface area contributed by atoms with Crippen LogP contribution in [0.5, 0.6) is 0 Å². The Morgan fingerprint density at radius 2 is 2.11 bits per heavy atom. The van der Waals surface area contributed by atoms with Crippen LogP contribution in [0.3, 0.4) is 0 Å². The Morgan fingerprint density at radius 3 is 2.78 bits per heavy atom. The van der Waals surface area contributed by atoms with E-state index in [2.05, 4.69) is 10.6 Å². The predicted molar refractivity (Wildman–Crippen MR) is 68.5 cm³/mol. The van der Waals surface area contributed by atoms with Crippen LogP contribution < -0.4 is 10.6 Å². The van der Waals surface area contributed by atoms with Crippen LogP contribution >= 0.6 is 0 Å². The van der Waals surface area contributed by atoms with Gasteiger partial charge >= 0.3 is 6.03 Å². The van der Waals surface area contributed by atoms with Gasteiger partial charge in [0.25, 0.3) is 0 Å². The van der Waals surface area contributed by atoms with Crippen molar-refractivity contribution in [1.82, 2.24) is 5.32 Å². The van der Waals surface area contributed by atoms with E-state index < -0.39 is 6.03 Å². The highest BCUT2D eigenvalue weighted by Crippen LogP contribution is 2.11. The number of benzene rings is 1. The molecule has 0 aromatic heterocycles. The zero-order valence-corrected chi connectivity index (χ0v) is 10.1. The summed E-state index contributed by atoms with van der Waals surface area (Å²) in [6.45, 7) is 1.38. The van der Waals surface area contributed by atoms with Gasteiger partial charge in [-0.1, -0.05) is 31.2 Å². The number of imide groups is 1. The molecule has 2 N–H and O–H groups in total. The summed E-state index contributed by atoms with van der Waals surface area (Å²) in [4.78, 5) is 22.4. The molecule has 0 unspecified atom stereocenters. The highest BCUT2D eigenvalue weighted by atomic mass is 16.2. The number of anilines is 1. The summed E-state index contributed by atoms with van der Waals surface area (Å²) in [6.07, 6.45) is 3.41. The van der Waals surface area contributed by atoms with Crippen LogP contribution in [-0.4, -0.2) is 18.5 Å². The Labute approximate surface area is 106 Å². The van der Waals surface area contributed by atoms with E-state index in [1.807, 2.05) is 6.07 Å². The second kappa shape index (κ2) is 7.24. The van der Waals surface area contributed by atoms with E-state index in [4.69, 9.17) is 0 Å². The molecule has 3 amide bonds. The molecule has 0 aliphatic heterocycles. The fourth-order valence-electron chi connectivity index (χ4n) is 1.28. The molecule has 0 saturated carbocycles. The summed E-state index contributed by atoms with van der Waals surface area (Å²) >= 11 is 0. The first-order valence-electron chi connectivity index (χ1n) is 5.61. The molecular weight excluding hydrogens is 232 g/mol. The lowest BCUT2D eigenvalue weighted by Gasteiger charge is -2.06. The van der Waals surface area contributed by atoms with Crippen molar-refractivity contribution in [3.05, 3.63) is 35.9 Å². The van der Waals surface area contributed by atoms with Gasteiger partial charge in [-0.15, -0.1) is 0 Å². The number of carbonyl (C=O) groups excluding carboxylic acids is 2. The monoisotopic (exact) mass is 247 g/mol. The Bertz CT molecular complexity index is 455. The van der Waals surface area contributed by atoms with Gasteiger partial charge in [-0.25, -0.2) is 9.90 Å². The lowest BCUT2D eigenvalue weighted by atomic mass is 10.2. The maximum atomic E-state index is 11.4. The maximum Gasteiger partial charge on any atom is 0.325 e. The van der Waals surface area contributed by atoms with Crippen molar-refractivity contribution >= 4 is 23.7 Å². The molecule has 0 bridgehead atoms. The number of urea groups is 1. The molecule has 0 aliphatic carbocycles. The molecule has 1 aromatic carbocycles. The van der Waals surface area contributed by atoms with E-state index in [9.17, 15) is 14.7 Å². The van der Waals surface area contributed by atoms with Crippen LogP contribution in [0, 0.1) is 0 Å². The van der Waals surface area contributed by atoms with E-state index in [0.717, 1.165) is 5.56 Å². The number of nitrogens with one attached hydrogen (secondary N) is 2. The molecule has 0 saturated heterocycles. The highest BCUT2D eigenvalue weighted by molar-refractivity contribution is 6.01. The predicted octanol–water partition coefficient (Wildman–Crippen LogP) is 2.19. The Morgan fingerprint density at radius 1 is 1.33 bits per heavy atom. The van der Waals surface area contributed by atoms with Crippen LogP contribution in [0.25, 0.3) is 6.08 Å². The Hall–Kier alpha value is -2.14. The average Bonchev–Trinajstić information content (AvgIpc) is 2.36.